The zero-order chi connectivity index (χ0) is 11.3. The quantitative estimate of drug-likeness (QED) is 0.772. The van der Waals surface area contributed by atoms with Crippen LogP contribution in [0.15, 0.2) is 0 Å². The van der Waals surface area contributed by atoms with Crippen molar-refractivity contribution in [3.63, 3.8) is 0 Å². The highest BCUT2D eigenvalue weighted by Gasteiger charge is 2.08. The maximum absolute atomic E-state index is 5.75. The minimum atomic E-state index is 0.141. The van der Waals surface area contributed by atoms with Crippen LogP contribution in [-0.2, 0) is 4.84 Å². The average molecular weight is 232 g/mol. The van der Waals surface area contributed by atoms with Crippen molar-refractivity contribution in [3.05, 3.63) is 5.28 Å². The van der Waals surface area contributed by atoms with Gasteiger partial charge in [0.1, 0.15) is 0 Å². The number of aromatic nitrogens is 3. The molecule has 0 saturated heterocycles. The van der Waals surface area contributed by atoms with Gasteiger partial charge >= 0.3 is 0 Å². The minimum absolute atomic E-state index is 0.141. The summed E-state index contributed by atoms with van der Waals surface area (Å²) >= 11 is 5.75. The van der Waals surface area contributed by atoms with Gasteiger partial charge in [-0.3, -0.25) is 4.84 Å². The Kier molecular flexibility index (Phi) is 4.51. The summed E-state index contributed by atoms with van der Waals surface area (Å²) in [4.78, 5) is 16.9. The lowest BCUT2D eigenvalue weighted by atomic mass is 10.5. The first-order chi connectivity index (χ1) is 7.17. The lowest BCUT2D eigenvalue weighted by Crippen LogP contribution is -2.19. The van der Waals surface area contributed by atoms with E-state index in [1.165, 1.54) is 12.2 Å². The van der Waals surface area contributed by atoms with Crippen LogP contribution in [0.4, 0.5) is 11.9 Å². The van der Waals surface area contributed by atoms with Gasteiger partial charge in [-0.25, -0.2) is 5.06 Å². The molecule has 1 aromatic heterocycles. The third-order valence-corrected chi connectivity index (χ3v) is 1.85. The zero-order valence-corrected chi connectivity index (χ0v) is 9.75. The molecule has 1 N–H and O–H groups in total. The molecule has 0 aliphatic rings. The summed E-state index contributed by atoms with van der Waals surface area (Å²) in [5, 5.41) is 4.57. The standard InChI is InChI=1S/C8H14ClN5O/c1-4-5-10-7-11-6(9)12-8(13-7)14(2)15-3/h4-5H2,1-3H3,(H,10,11,12,13). The summed E-state index contributed by atoms with van der Waals surface area (Å²) in [6.07, 6.45) is 0.985. The molecule has 15 heavy (non-hydrogen) atoms. The van der Waals surface area contributed by atoms with Crippen molar-refractivity contribution in [1.29, 1.82) is 0 Å². The highest BCUT2D eigenvalue weighted by molar-refractivity contribution is 6.28. The largest absolute Gasteiger partial charge is 0.354 e. The second kappa shape index (κ2) is 5.67. The Morgan fingerprint density at radius 1 is 1.40 bits per heavy atom. The molecule has 0 saturated carbocycles. The van der Waals surface area contributed by atoms with E-state index in [0.29, 0.717) is 11.9 Å². The van der Waals surface area contributed by atoms with Gasteiger partial charge in [-0.1, -0.05) is 6.92 Å². The number of rotatable bonds is 5. The molecule has 0 amide bonds. The Balaban J connectivity index is 2.84. The fourth-order valence-electron chi connectivity index (χ4n) is 0.878. The summed E-state index contributed by atoms with van der Waals surface area (Å²) in [5.74, 6) is 0.826. The van der Waals surface area contributed by atoms with Gasteiger partial charge in [0, 0.05) is 13.6 Å². The van der Waals surface area contributed by atoms with Gasteiger partial charge in [0.05, 0.1) is 7.11 Å². The fraction of sp³-hybridized carbons (Fsp3) is 0.625. The molecule has 0 atom stereocenters. The third-order valence-electron chi connectivity index (χ3n) is 1.68. The average Bonchev–Trinajstić information content (AvgIpc) is 2.24. The van der Waals surface area contributed by atoms with Crippen molar-refractivity contribution in [3.8, 4) is 0 Å². The predicted molar refractivity (Wildman–Crippen MR) is 59.0 cm³/mol. The second-order valence-corrected chi connectivity index (χ2v) is 3.17. The normalized spacial score (nSPS) is 10.1. The number of hydrogen-bond donors (Lipinski definition) is 1. The number of nitrogens with zero attached hydrogens (tertiary/aromatic N) is 4. The SMILES string of the molecule is CCCNc1nc(Cl)nc(N(C)OC)n1. The van der Waals surface area contributed by atoms with Crippen LogP contribution in [0.5, 0.6) is 0 Å². The Bertz CT molecular complexity index is 322. The zero-order valence-electron chi connectivity index (χ0n) is 8.99. The van der Waals surface area contributed by atoms with E-state index in [-0.39, 0.29) is 5.28 Å². The number of halogens is 1. The van der Waals surface area contributed by atoms with E-state index < -0.39 is 0 Å². The fourth-order valence-corrected chi connectivity index (χ4v) is 1.03. The van der Waals surface area contributed by atoms with Crippen LogP contribution >= 0.6 is 11.6 Å². The van der Waals surface area contributed by atoms with Crippen LogP contribution in [0, 0.1) is 0 Å². The molecule has 1 rings (SSSR count). The highest BCUT2D eigenvalue weighted by Crippen LogP contribution is 2.12. The Morgan fingerprint density at radius 2 is 2.13 bits per heavy atom. The predicted octanol–water partition coefficient (Wildman–Crippen LogP) is 1.34. The van der Waals surface area contributed by atoms with Gasteiger partial charge in [0.15, 0.2) is 0 Å². The molecule has 0 fully saturated rings. The summed E-state index contributed by atoms with van der Waals surface area (Å²) in [5.41, 5.74) is 0. The van der Waals surface area contributed by atoms with E-state index in [1.54, 1.807) is 7.05 Å². The van der Waals surface area contributed by atoms with E-state index in [4.69, 9.17) is 16.4 Å². The van der Waals surface area contributed by atoms with Gasteiger partial charge in [0.25, 0.3) is 5.95 Å². The first-order valence-electron chi connectivity index (χ1n) is 4.60. The molecule has 0 aliphatic carbocycles. The molecule has 0 unspecified atom stereocenters. The van der Waals surface area contributed by atoms with Gasteiger partial charge in [-0.15, -0.1) is 0 Å². The molecule has 1 heterocycles. The lowest BCUT2D eigenvalue weighted by molar-refractivity contribution is 0.180. The minimum Gasteiger partial charge on any atom is -0.354 e. The maximum atomic E-state index is 5.75. The molecule has 84 valence electrons. The first kappa shape index (κ1) is 11.9. The van der Waals surface area contributed by atoms with Gasteiger partial charge < -0.3 is 5.32 Å². The number of anilines is 2. The van der Waals surface area contributed by atoms with Crippen molar-refractivity contribution >= 4 is 23.5 Å². The van der Waals surface area contributed by atoms with E-state index in [2.05, 4.69) is 27.2 Å². The highest BCUT2D eigenvalue weighted by atomic mass is 35.5. The molecular weight excluding hydrogens is 218 g/mol. The van der Waals surface area contributed by atoms with Crippen LogP contribution in [0.1, 0.15) is 13.3 Å². The molecule has 0 bridgehead atoms. The molecule has 0 aliphatic heterocycles. The van der Waals surface area contributed by atoms with Gasteiger partial charge in [0.2, 0.25) is 11.2 Å². The van der Waals surface area contributed by atoms with E-state index >= 15 is 0 Å². The Morgan fingerprint density at radius 3 is 2.73 bits per heavy atom. The molecule has 1 aromatic rings. The van der Waals surface area contributed by atoms with Crippen LogP contribution in [0.3, 0.4) is 0 Å². The lowest BCUT2D eigenvalue weighted by Gasteiger charge is -2.14. The Hall–Kier alpha value is -1.14. The summed E-state index contributed by atoms with van der Waals surface area (Å²) < 4.78 is 0. The van der Waals surface area contributed by atoms with Crippen molar-refractivity contribution in [2.24, 2.45) is 0 Å². The van der Waals surface area contributed by atoms with E-state index in [9.17, 15) is 0 Å². The van der Waals surface area contributed by atoms with Gasteiger partial charge in [-0.2, -0.15) is 15.0 Å². The summed E-state index contributed by atoms with van der Waals surface area (Å²) in [7, 11) is 3.21. The van der Waals surface area contributed by atoms with Crippen LogP contribution < -0.4 is 10.4 Å². The van der Waals surface area contributed by atoms with Crippen molar-refractivity contribution < 1.29 is 4.84 Å². The topological polar surface area (TPSA) is 63.2 Å². The molecule has 7 heteroatoms. The monoisotopic (exact) mass is 231 g/mol. The van der Waals surface area contributed by atoms with Crippen molar-refractivity contribution in [2.45, 2.75) is 13.3 Å². The van der Waals surface area contributed by atoms with E-state index in [1.807, 2.05) is 0 Å². The maximum Gasteiger partial charge on any atom is 0.255 e. The third kappa shape index (κ3) is 3.49. The molecule has 0 spiro atoms. The molecular formula is C8H14ClN5O. The molecule has 0 aromatic carbocycles. The van der Waals surface area contributed by atoms with Crippen LogP contribution in [0.2, 0.25) is 5.28 Å². The Labute approximate surface area is 93.6 Å². The van der Waals surface area contributed by atoms with Crippen molar-refractivity contribution in [2.75, 3.05) is 31.1 Å². The number of hydrogen-bond acceptors (Lipinski definition) is 6. The number of nitrogens with one attached hydrogen (secondary N) is 1. The van der Waals surface area contributed by atoms with Gasteiger partial charge in [-0.05, 0) is 18.0 Å². The van der Waals surface area contributed by atoms with Crippen LogP contribution in [-0.4, -0.2) is 35.7 Å². The van der Waals surface area contributed by atoms with Crippen LogP contribution in [0.25, 0.3) is 0 Å². The second-order valence-electron chi connectivity index (χ2n) is 2.83. The molecule has 0 radical (unpaired) electrons. The summed E-state index contributed by atoms with van der Waals surface area (Å²) in [6.45, 7) is 2.84. The smallest absolute Gasteiger partial charge is 0.255 e. The first-order valence-corrected chi connectivity index (χ1v) is 4.98. The van der Waals surface area contributed by atoms with Crippen molar-refractivity contribution in [1.82, 2.24) is 15.0 Å². The molecule has 6 nitrogen and oxygen atoms in total. The number of hydroxylamine groups is 1. The van der Waals surface area contributed by atoms with E-state index in [0.717, 1.165) is 13.0 Å². The summed E-state index contributed by atoms with van der Waals surface area (Å²) in [6, 6.07) is 0.